The minimum atomic E-state index is 0.376. The Hall–Kier alpha value is -1.39. The van der Waals surface area contributed by atoms with Crippen LogP contribution >= 0.6 is 11.3 Å². The van der Waals surface area contributed by atoms with E-state index in [2.05, 4.69) is 36.3 Å². The predicted molar refractivity (Wildman–Crippen MR) is 75.2 cm³/mol. The van der Waals surface area contributed by atoms with Crippen LogP contribution in [-0.2, 0) is 0 Å². The fourth-order valence-electron chi connectivity index (χ4n) is 1.66. The lowest BCUT2D eigenvalue weighted by atomic mass is 10.3. The summed E-state index contributed by atoms with van der Waals surface area (Å²) in [5.41, 5.74) is 0. The van der Waals surface area contributed by atoms with E-state index in [1.165, 1.54) is 9.75 Å². The van der Waals surface area contributed by atoms with E-state index < -0.39 is 0 Å². The number of aryl methyl sites for hydroxylation is 1. The van der Waals surface area contributed by atoms with Crippen molar-refractivity contribution in [2.45, 2.75) is 19.9 Å². The summed E-state index contributed by atoms with van der Waals surface area (Å²) in [6.45, 7) is 5.79. The zero-order valence-corrected chi connectivity index (χ0v) is 11.5. The van der Waals surface area contributed by atoms with Crippen LogP contribution in [0.4, 0.5) is 0 Å². The molecular formula is C14H18N2OS. The van der Waals surface area contributed by atoms with Crippen molar-refractivity contribution >= 4 is 11.3 Å². The van der Waals surface area contributed by atoms with Crippen molar-refractivity contribution in [3.05, 3.63) is 46.4 Å². The summed E-state index contributed by atoms with van der Waals surface area (Å²) in [5.74, 6) is 0.818. The Balaban J connectivity index is 1.69. The lowest BCUT2D eigenvalue weighted by molar-refractivity contribution is 0.307. The average molecular weight is 262 g/mol. The van der Waals surface area contributed by atoms with Gasteiger partial charge in [0.15, 0.2) is 0 Å². The molecule has 0 unspecified atom stereocenters. The van der Waals surface area contributed by atoms with Gasteiger partial charge in [-0.1, -0.05) is 0 Å². The van der Waals surface area contributed by atoms with Gasteiger partial charge < -0.3 is 10.1 Å². The normalized spacial score (nSPS) is 12.3. The Morgan fingerprint density at radius 3 is 2.94 bits per heavy atom. The maximum absolute atomic E-state index is 5.58. The van der Waals surface area contributed by atoms with Gasteiger partial charge >= 0.3 is 0 Å². The molecule has 0 aliphatic heterocycles. The lowest BCUT2D eigenvalue weighted by Crippen LogP contribution is -2.23. The van der Waals surface area contributed by atoms with E-state index >= 15 is 0 Å². The SMILES string of the molecule is Cc1ccc([C@H](C)NCCOc2cccnc2)s1. The van der Waals surface area contributed by atoms with E-state index in [0.717, 1.165) is 12.3 Å². The summed E-state index contributed by atoms with van der Waals surface area (Å²) in [7, 11) is 0. The van der Waals surface area contributed by atoms with Gasteiger partial charge in [0.1, 0.15) is 12.4 Å². The summed E-state index contributed by atoms with van der Waals surface area (Å²) in [5, 5.41) is 3.45. The number of pyridine rings is 1. The third kappa shape index (κ3) is 3.82. The molecule has 2 rings (SSSR count). The highest BCUT2D eigenvalue weighted by molar-refractivity contribution is 7.12. The van der Waals surface area contributed by atoms with E-state index in [4.69, 9.17) is 4.74 Å². The molecule has 0 saturated carbocycles. The number of aromatic nitrogens is 1. The molecule has 1 atom stereocenters. The van der Waals surface area contributed by atoms with Crippen molar-refractivity contribution in [2.75, 3.05) is 13.2 Å². The predicted octanol–water partition coefficient (Wildman–Crippen LogP) is 3.18. The van der Waals surface area contributed by atoms with Crippen molar-refractivity contribution in [1.29, 1.82) is 0 Å². The van der Waals surface area contributed by atoms with Crippen molar-refractivity contribution in [3.63, 3.8) is 0 Å². The number of nitrogens with one attached hydrogen (secondary N) is 1. The van der Waals surface area contributed by atoms with Crippen LogP contribution in [0.25, 0.3) is 0 Å². The van der Waals surface area contributed by atoms with Gasteiger partial charge in [0, 0.05) is 28.5 Å². The summed E-state index contributed by atoms with van der Waals surface area (Å²) in [6.07, 6.45) is 3.47. The molecule has 0 saturated heterocycles. The van der Waals surface area contributed by atoms with E-state index in [9.17, 15) is 0 Å². The number of thiophene rings is 1. The number of rotatable bonds is 6. The Morgan fingerprint density at radius 1 is 1.39 bits per heavy atom. The lowest BCUT2D eigenvalue weighted by Gasteiger charge is -2.12. The van der Waals surface area contributed by atoms with Gasteiger partial charge in [0.2, 0.25) is 0 Å². The van der Waals surface area contributed by atoms with Gasteiger partial charge in [-0.15, -0.1) is 11.3 Å². The molecular weight excluding hydrogens is 244 g/mol. The number of hydrogen-bond donors (Lipinski definition) is 1. The molecule has 96 valence electrons. The molecule has 2 aromatic heterocycles. The monoisotopic (exact) mass is 262 g/mol. The maximum Gasteiger partial charge on any atom is 0.137 e. The van der Waals surface area contributed by atoms with Gasteiger partial charge in [-0.3, -0.25) is 4.98 Å². The Kier molecular flexibility index (Phi) is 4.73. The quantitative estimate of drug-likeness (QED) is 0.812. The fourth-order valence-corrected chi connectivity index (χ4v) is 2.57. The molecule has 2 aromatic rings. The van der Waals surface area contributed by atoms with Gasteiger partial charge in [0.25, 0.3) is 0 Å². The molecule has 2 heterocycles. The molecule has 0 aromatic carbocycles. The zero-order chi connectivity index (χ0) is 12.8. The Labute approximate surface area is 112 Å². The van der Waals surface area contributed by atoms with Crippen LogP contribution in [0, 0.1) is 6.92 Å². The molecule has 1 N–H and O–H groups in total. The molecule has 0 spiro atoms. The van der Waals surface area contributed by atoms with Crippen LogP contribution < -0.4 is 10.1 Å². The van der Waals surface area contributed by atoms with E-state index in [1.54, 1.807) is 12.4 Å². The van der Waals surface area contributed by atoms with Gasteiger partial charge in [-0.05, 0) is 38.1 Å². The summed E-state index contributed by atoms with van der Waals surface area (Å²) >= 11 is 1.84. The summed E-state index contributed by atoms with van der Waals surface area (Å²) in [4.78, 5) is 6.73. The summed E-state index contributed by atoms with van der Waals surface area (Å²) < 4.78 is 5.58. The maximum atomic E-state index is 5.58. The largest absolute Gasteiger partial charge is 0.491 e. The van der Waals surface area contributed by atoms with E-state index in [0.29, 0.717) is 12.6 Å². The van der Waals surface area contributed by atoms with Crippen LogP contribution in [0.5, 0.6) is 5.75 Å². The van der Waals surface area contributed by atoms with Gasteiger partial charge in [-0.2, -0.15) is 0 Å². The molecule has 18 heavy (non-hydrogen) atoms. The van der Waals surface area contributed by atoms with Crippen molar-refractivity contribution in [1.82, 2.24) is 10.3 Å². The molecule has 3 nitrogen and oxygen atoms in total. The van der Waals surface area contributed by atoms with Crippen molar-refractivity contribution < 1.29 is 4.74 Å². The third-order valence-electron chi connectivity index (χ3n) is 2.64. The minimum absolute atomic E-state index is 0.376. The molecule has 0 aliphatic rings. The topological polar surface area (TPSA) is 34.1 Å². The van der Waals surface area contributed by atoms with Crippen molar-refractivity contribution in [2.24, 2.45) is 0 Å². The van der Waals surface area contributed by atoms with Crippen LogP contribution in [0.15, 0.2) is 36.7 Å². The smallest absolute Gasteiger partial charge is 0.137 e. The Morgan fingerprint density at radius 2 is 2.28 bits per heavy atom. The van der Waals surface area contributed by atoms with E-state index in [-0.39, 0.29) is 0 Å². The van der Waals surface area contributed by atoms with Crippen LogP contribution in [-0.4, -0.2) is 18.1 Å². The molecule has 0 bridgehead atoms. The second-order valence-corrected chi connectivity index (χ2v) is 5.48. The molecule has 0 fully saturated rings. The second-order valence-electron chi connectivity index (χ2n) is 4.16. The van der Waals surface area contributed by atoms with Crippen LogP contribution in [0.3, 0.4) is 0 Å². The summed E-state index contributed by atoms with van der Waals surface area (Å²) in [6, 6.07) is 8.50. The van der Waals surface area contributed by atoms with E-state index in [1.807, 2.05) is 23.5 Å². The van der Waals surface area contributed by atoms with Gasteiger partial charge in [0.05, 0.1) is 6.20 Å². The first-order chi connectivity index (χ1) is 8.75. The Bertz CT molecular complexity index is 470. The molecule has 0 aliphatic carbocycles. The average Bonchev–Trinajstić information content (AvgIpc) is 2.82. The number of nitrogens with zero attached hydrogens (tertiary/aromatic N) is 1. The molecule has 0 amide bonds. The van der Waals surface area contributed by atoms with Gasteiger partial charge in [-0.25, -0.2) is 0 Å². The van der Waals surface area contributed by atoms with Crippen LogP contribution in [0.1, 0.15) is 22.7 Å². The van der Waals surface area contributed by atoms with Crippen molar-refractivity contribution in [3.8, 4) is 5.75 Å². The first-order valence-electron chi connectivity index (χ1n) is 6.08. The highest BCUT2D eigenvalue weighted by atomic mass is 32.1. The highest BCUT2D eigenvalue weighted by Crippen LogP contribution is 2.21. The molecule has 0 radical (unpaired) electrons. The third-order valence-corrected chi connectivity index (χ3v) is 3.83. The number of ether oxygens (including phenoxy) is 1. The van der Waals surface area contributed by atoms with Crippen LogP contribution in [0.2, 0.25) is 0 Å². The zero-order valence-electron chi connectivity index (χ0n) is 10.7. The second kappa shape index (κ2) is 6.52. The highest BCUT2D eigenvalue weighted by Gasteiger charge is 2.06. The number of hydrogen-bond acceptors (Lipinski definition) is 4. The molecule has 4 heteroatoms. The standard InChI is InChI=1S/C14H18N2OS/c1-11-5-6-14(18-11)12(2)16-8-9-17-13-4-3-7-15-10-13/h3-7,10,12,16H,8-9H2,1-2H3/t12-/m0/s1. The minimum Gasteiger partial charge on any atom is -0.491 e. The fraction of sp³-hybridized carbons (Fsp3) is 0.357. The first-order valence-corrected chi connectivity index (χ1v) is 6.90. The first kappa shape index (κ1) is 13.1.